The van der Waals surface area contributed by atoms with Gasteiger partial charge in [-0.2, -0.15) is 0 Å². The number of nitrogens with two attached hydrogens (primary N) is 1. The number of nitrogens with one attached hydrogen (secondary N) is 1. The van der Waals surface area contributed by atoms with Crippen LogP contribution in [0.4, 0.5) is 18.9 Å². The van der Waals surface area contributed by atoms with Crippen molar-refractivity contribution in [2.75, 3.05) is 25.6 Å². The lowest BCUT2D eigenvalue weighted by Gasteiger charge is -2.33. The van der Waals surface area contributed by atoms with E-state index in [1.165, 1.54) is 25.6 Å². The molecule has 0 saturated heterocycles. The quantitative estimate of drug-likeness (QED) is 0.591. The molecule has 0 unspecified atom stereocenters. The molecule has 1 amide bonds. The van der Waals surface area contributed by atoms with Gasteiger partial charge in [0.1, 0.15) is 30.6 Å². The normalized spacial score (nSPS) is 19.5. The number of nitrogens with zero attached hydrogens (tertiary/aromatic N) is 3. The van der Waals surface area contributed by atoms with Gasteiger partial charge in [-0.05, 0) is 25.1 Å². The van der Waals surface area contributed by atoms with Crippen LogP contribution in [0.25, 0.3) is 0 Å². The van der Waals surface area contributed by atoms with Gasteiger partial charge in [-0.1, -0.05) is 0 Å². The lowest BCUT2D eigenvalue weighted by molar-refractivity contribution is -0.122. The van der Waals surface area contributed by atoms with Crippen LogP contribution >= 0.6 is 0 Å². The van der Waals surface area contributed by atoms with Gasteiger partial charge in [-0.3, -0.25) is 14.6 Å². The maximum Gasteiger partial charge on any atom is 0.299 e. The molecule has 1 aliphatic heterocycles. The number of carboxylic acid groups (broad SMARTS) is 1. The molecule has 0 saturated carbocycles. The highest BCUT2D eigenvalue weighted by Gasteiger charge is 2.54. The van der Waals surface area contributed by atoms with Gasteiger partial charge in [0.15, 0.2) is 5.54 Å². The molecule has 10 nitrogen and oxygen atoms in total. The minimum absolute atomic E-state index is 0.0432. The van der Waals surface area contributed by atoms with E-state index in [1.807, 2.05) is 0 Å². The summed E-state index contributed by atoms with van der Waals surface area (Å²) >= 11 is 0. The fourth-order valence-electron chi connectivity index (χ4n) is 2.79. The predicted molar refractivity (Wildman–Crippen MR) is 106 cm³/mol. The molecular weight excluding hydrogens is 435 g/mol. The molecule has 0 radical (unpaired) electrons. The third-order valence-corrected chi connectivity index (χ3v) is 4.43. The number of amidine groups is 1. The molecule has 172 valence electrons. The maximum atomic E-state index is 14.7. The number of aliphatic imine (C=N–C) groups is 1. The number of alkyl halides is 2. The van der Waals surface area contributed by atoms with Crippen molar-refractivity contribution in [3.63, 3.8) is 0 Å². The molecule has 0 spiro atoms. The monoisotopic (exact) mass is 455 g/mol. The van der Waals surface area contributed by atoms with Crippen LogP contribution in [-0.4, -0.2) is 59.5 Å². The molecule has 2 aromatic rings. The lowest BCUT2D eigenvalue weighted by atomic mass is 9.85. The number of benzene rings is 1. The molecular formula is C19H20F3N5O5. The Morgan fingerprint density at radius 3 is 2.62 bits per heavy atom. The van der Waals surface area contributed by atoms with Gasteiger partial charge < -0.3 is 25.6 Å². The first kappa shape index (κ1) is 24.5. The minimum atomic E-state index is -3.54. The molecule has 32 heavy (non-hydrogen) atoms. The van der Waals surface area contributed by atoms with Crippen molar-refractivity contribution in [1.82, 2.24) is 9.97 Å². The summed E-state index contributed by atoms with van der Waals surface area (Å²) in [5.41, 5.74) is 2.88. The summed E-state index contributed by atoms with van der Waals surface area (Å²) in [7, 11) is 1.40. The van der Waals surface area contributed by atoms with Gasteiger partial charge in [-0.25, -0.2) is 23.1 Å². The molecule has 13 heteroatoms. The smallest absolute Gasteiger partial charge is 0.299 e. The van der Waals surface area contributed by atoms with Gasteiger partial charge in [0.25, 0.3) is 18.3 Å². The first-order chi connectivity index (χ1) is 15.1. The van der Waals surface area contributed by atoms with Crippen molar-refractivity contribution < 1.29 is 37.3 Å². The first-order valence-corrected chi connectivity index (χ1v) is 8.93. The number of halogens is 3. The molecule has 2 heterocycles. The molecule has 0 aliphatic carbocycles. The van der Waals surface area contributed by atoms with Crippen molar-refractivity contribution in [2.24, 2.45) is 10.7 Å². The number of hydrogen-bond acceptors (Lipinski definition) is 8. The zero-order valence-electron chi connectivity index (χ0n) is 17.0. The fourth-order valence-corrected chi connectivity index (χ4v) is 2.79. The molecule has 1 aliphatic rings. The summed E-state index contributed by atoms with van der Waals surface area (Å²) in [4.78, 5) is 32.3. The van der Waals surface area contributed by atoms with Crippen LogP contribution in [0.1, 0.15) is 23.0 Å². The highest BCUT2D eigenvalue weighted by molar-refractivity contribution is 6.02. The average molecular weight is 455 g/mol. The standard InChI is InChI=1S/C18H18F3N5O3.CH2O2/c1-17(18(20,21)9-29-8-14(22)26-17)11-5-10(3-4-12(11)19)25-16(27)13-6-24-15(28-2)7-23-13;2-1-3/h3-7H,8-9H2,1-2H3,(H2,22,26)(H,25,27);1H,(H,2,3)/t17-;/m1./s1. The molecule has 0 bridgehead atoms. The summed E-state index contributed by atoms with van der Waals surface area (Å²) in [5, 5.41) is 9.36. The second-order valence-corrected chi connectivity index (χ2v) is 6.57. The van der Waals surface area contributed by atoms with Crippen LogP contribution in [0, 0.1) is 5.82 Å². The van der Waals surface area contributed by atoms with Crippen molar-refractivity contribution in [3.05, 3.63) is 47.7 Å². The van der Waals surface area contributed by atoms with E-state index in [4.69, 9.17) is 25.1 Å². The van der Waals surface area contributed by atoms with E-state index in [0.717, 1.165) is 19.1 Å². The Labute approximate surface area is 180 Å². The Kier molecular flexibility index (Phi) is 7.70. The van der Waals surface area contributed by atoms with Crippen molar-refractivity contribution in [3.8, 4) is 5.88 Å². The van der Waals surface area contributed by atoms with Gasteiger partial charge in [0.2, 0.25) is 5.88 Å². The number of hydrogen-bond donors (Lipinski definition) is 3. The Morgan fingerprint density at radius 2 is 2.03 bits per heavy atom. The lowest BCUT2D eigenvalue weighted by Crippen LogP contribution is -2.45. The van der Waals surface area contributed by atoms with E-state index in [9.17, 15) is 18.0 Å². The van der Waals surface area contributed by atoms with Crippen LogP contribution in [0.3, 0.4) is 0 Å². The number of rotatable bonds is 4. The number of carbonyl (C=O) groups is 2. The van der Waals surface area contributed by atoms with Crippen LogP contribution < -0.4 is 15.8 Å². The van der Waals surface area contributed by atoms with Gasteiger partial charge in [-0.15, -0.1) is 0 Å². The van der Waals surface area contributed by atoms with Crippen LogP contribution in [-0.2, 0) is 15.1 Å². The highest BCUT2D eigenvalue weighted by Crippen LogP contribution is 2.44. The van der Waals surface area contributed by atoms with Crippen molar-refractivity contribution in [2.45, 2.75) is 18.4 Å². The minimum Gasteiger partial charge on any atom is -0.483 e. The summed E-state index contributed by atoms with van der Waals surface area (Å²) in [5.74, 6) is -5.10. The third-order valence-electron chi connectivity index (χ3n) is 4.43. The second kappa shape index (κ2) is 10.0. The predicted octanol–water partition coefficient (Wildman–Crippen LogP) is 1.82. The van der Waals surface area contributed by atoms with Gasteiger partial charge in [0.05, 0.1) is 19.5 Å². The molecule has 4 N–H and O–H groups in total. The molecule has 3 rings (SSSR count). The van der Waals surface area contributed by atoms with E-state index in [1.54, 1.807) is 0 Å². The topological polar surface area (TPSA) is 149 Å². The summed E-state index contributed by atoms with van der Waals surface area (Å²) in [6, 6.07) is 3.28. The molecule has 1 aromatic heterocycles. The molecule has 1 aromatic carbocycles. The third kappa shape index (κ3) is 5.29. The second-order valence-electron chi connectivity index (χ2n) is 6.57. The van der Waals surface area contributed by atoms with Crippen LogP contribution in [0.2, 0.25) is 0 Å². The van der Waals surface area contributed by atoms with E-state index in [-0.39, 0.29) is 36.2 Å². The van der Waals surface area contributed by atoms with Crippen LogP contribution in [0.15, 0.2) is 35.6 Å². The number of ether oxygens (including phenoxy) is 2. The molecule has 0 fully saturated rings. The number of methoxy groups -OCH3 is 1. The largest absolute Gasteiger partial charge is 0.483 e. The van der Waals surface area contributed by atoms with Gasteiger partial charge >= 0.3 is 0 Å². The van der Waals surface area contributed by atoms with E-state index >= 15 is 0 Å². The Morgan fingerprint density at radius 1 is 1.34 bits per heavy atom. The zero-order valence-corrected chi connectivity index (χ0v) is 17.0. The Balaban J connectivity index is 0.00000114. The Hall–Kier alpha value is -3.74. The highest BCUT2D eigenvalue weighted by atomic mass is 19.3. The fraction of sp³-hybridized carbons (Fsp3) is 0.316. The van der Waals surface area contributed by atoms with E-state index < -0.39 is 35.4 Å². The number of amides is 1. The number of aromatic nitrogens is 2. The maximum absolute atomic E-state index is 14.7. The van der Waals surface area contributed by atoms with Gasteiger partial charge in [0, 0.05) is 11.3 Å². The zero-order chi connectivity index (χ0) is 23.9. The summed E-state index contributed by atoms with van der Waals surface area (Å²) < 4.78 is 53.6. The summed E-state index contributed by atoms with van der Waals surface area (Å²) in [6.45, 7) is -0.460. The Bertz CT molecular complexity index is 1000. The van der Waals surface area contributed by atoms with Crippen molar-refractivity contribution >= 4 is 23.9 Å². The number of carbonyl (C=O) groups excluding carboxylic acids is 1. The molecule has 1 atom stereocenters. The SMILES string of the molecule is COc1cnc(C(=O)Nc2ccc(F)c([C@@]3(C)N=C(N)COCC3(F)F)c2)cn1.O=CO. The first-order valence-electron chi connectivity index (χ1n) is 8.93. The van der Waals surface area contributed by atoms with Crippen LogP contribution in [0.5, 0.6) is 5.88 Å². The average Bonchev–Trinajstić information content (AvgIpc) is 2.85. The number of anilines is 1. The summed E-state index contributed by atoms with van der Waals surface area (Å²) in [6.07, 6.45) is 2.43. The van der Waals surface area contributed by atoms with E-state index in [2.05, 4.69) is 20.3 Å². The van der Waals surface area contributed by atoms with Crippen molar-refractivity contribution in [1.29, 1.82) is 0 Å². The van der Waals surface area contributed by atoms with E-state index in [0.29, 0.717) is 0 Å².